The van der Waals surface area contributed by atoms with Crippen LogP contribution in [0.4, 0.5) is 8.78 Å². The van der Waals surface area contributed by atoms with Gasteiger partial charge in [0.1, 0.15) is 0 Å². The molecule has 3 heteroatoms. The average molecular weight is 107 g/mol. The molecule has 1 nitrogen and oxygen atoms in total. The Morgan fingerprint density at radius 1 is 1.71 bits per heavy atom. The molecular formula is C4H7F2N. The molecule has 0 aromatic carbocycles. The largest absolute Gasteiger partial charge is 0.312 e. The molecule has 1 saturated carbocycles. The highest BCUT2D eigenvalue weighted by atomic mass is 19.3. The molecule has 42 valence electrons. The standard InChI is InChI=1S/C4H7F2N/c1-7-3-2-4(3,5)6/h3,7H,2H2,1H3/t3-/m0/s1. The van der Waals surface area contributed by atoms with Gasteiger partial charge in [0, 0.05) is 6.42 Å². The lowest BCUT2D eigenvalue weighted by molar-refractivity contribution is 0.108. The number of hydrogen-bond acceptors (Lipinski definition) is 1. The minimum Gasteiger partial charge on any atom is -0.312 e. The van der Waals surface area contributed by atoms with Crippen molar-refractivity contribution in [1.29, 1.82) is 0 Å². The zero-order valence-corrected chi connectivity index (χ0v) is 4.04. The van der Waals surface area contributed by atoms with Gasteiger partial charge in [-0.2, -0.15) is 0 Å². The van der Waals surface area contributed by atoms with E-state index in [2.05, 4.69) is 5.32 Å². The third-order valence-corrected chi connectivity index (χ3v) is 1.17. The fourth-order valence-electron chi connectivity index (χ4n) is 0.526. The summed E-state index contributed by atoms with van der Waals surface area (Å²) >= 11 is 0. The molecule has 0 aromatic heterocycles. The number of hydrogen-bond donors (Lipinski definition) is 1. The van der Waals surface area contributed by atoms with Gasteiger partial charge in [-0.05, 0) is 7.05 Å². The Morgan fingerprint density at radius 2 is 2.14 bits per heavy atom. The highest BCUT2D eigenvalue weighted by Crippen LogP contribution is 2.41. The van der Waals surface area contributed by atoms with Gasteiger partial charge in [0.25, 0.3) is 5.92 Å². The second-order valence-corrected chi connectivity index (χ2v) is 1.81. The molecule has 0 saturated heterocycles. The second kappa shape index (κ2) is 1.15. The fourth-order valence-corrected chi connectivity index (χ4v) is 0.526. The van der Waals surface area contributed by atoms with Gasteiger partial charge < -0.3 is 5.32 Å². The van der Waals surface area contributed by atoms with Gasteiger partial charge >= 0.3 is 0 Å². The smallest absolute Gasteiger partial charge is 0.265 e. The van der Waals surface area contributed by atoms with Crippen LogP contribution in [0.15, 0.2) is 0 Å². The van der Waals surface area contributed by atoms with E-state index in [1.54, 1.807) is 7.05 Å². The summed E-state index contributed by atoms with van der Waals surface area (Å²) in [5.41, 5.74) is 0. The van der Waals surface area contributed by atoms with Gasteiger partial charge in [0.15, 0.2) is 0 Å². The van der Waals surface area contributed by atoms with Crippen LogP contribution in [0.25, 0.3) is 0 Å². The van der Waals surface area contributed by atoms with Gasteiger partial charge in [-0.1, -0.05) is 0 Å². The van der Waals surface area contributed by atoms with E-state index in [1.165, 1.54) is 0 Å². The molecule has 1 fully saturated rings. The van der Waals surface area contributed by atoms with Crippen LogP contribution in [0, 0.1) is 0 Å². The van der Waals surface area contributed by atoms with Crippen LogP contribution in [0.5, 0.6) is 0 Å². The topological polar surface area (TPSA) is 12.0 Å². The van der Waals surface area contributed by atoms with E-state index in [4.69, 9.17) is 0 Å². The first-order chi connectivity index (χ1) is 3.17. The normalized spacial score (nSPS) is 35.6. The van der Waals surface area contributed by atoms with E-state index in [0.717, 1.165) is 0 Å². The second-order valence-electron chi connectivity index (χ2n) is 1.81. The monoisotopic (exact) mass is 107 g/mol. The third-order valence-electron chi connectivity index (χ3n) is 1.17. The maximum Gasteiger partial charge on any atom is 0.265 e. The molecular weight excluding hydrogens is 100 g/mol. The van der Waals surface area contributed by atoms with Crippen molar-refractivity contribution in [3.05, 3.63) is 0 Å². The predicted molar refractivity (Wildman–Crippen MR) is 22.4 cm³/mol. The molecule has 0 spiro atoms. The molecule has 0 radical (unpaired) electrons. The van der Waals surface area contributed by atoms with E-state index >= 15 is 0 Å². The molecule has 0 amide bonds. The number of rotatable bonds is 1. The summed E-state index contributed by atoms with van der Waals surface area (Å²) < 4.78 is 23.5. The Morgan fingerprint density at radius 3 is 2.14 bits per heavy atom. The highest BCUT2D eigenvalue weighted by Gasteiger charge is 2.55. The molecule has 0 aromatic rings. The summed E-state index contributed by atoms with van der Waals surface area (Å²) in [6, 6.07) is -0.535. The predicted octanol–water partition coefficient (Wildman–Crippen LogP) is 0.613. The lowest BCUT2D eigenvalue weighted by Crippen LogP contribution is -2.15. The van der Waals surface area contributed by atoms with Crippen LogP contribution in [-0.4, -0.2) is 19.0 Å². The quantitative estimate of drug-likeness (QED) is 0.517. The molecule has 0 aliphatic heterocycles. The van der Waals surface area contributed by atoms with Crippen molar-refractivity contribution >= 4 is 0 Å². The van der Waals surface area contributed by atoms with E-state index in [0.29, 0.717) is 0 Å². The maximum atomic E-state index is 11.7. The summed E-state index contributed by atoms with van der Waals surface area (Å²) in [5, 5.41) is 2.48. The van der Waals surface area contributed by atoms with Gasteiger partial charge in [0.2, 0.25) is 0 Å². The lowest BCUT2D eigenvalue weighted by Gasteiger charge is -1.90. The molecule has 1 aliphatic rings. The van der Waals surface area contributed by atoms with E-state index < -0.39 is 12.0 Å². The first-order valence-electron chi connectivity index (χ1n) is 2.22. The van der Waals surface area contributed by atoms with Crippen LogP contribution in [0.2, 0.25) is 0 Å². The molecule has 0 heterocycles. The van der Waals surface area contributed by atoms with Crippen molar-refractivity contribution in [2.45, 2.75) is 18.4 Å². The molecule has 1 rings (SSSR count). The van der Waals surface area contributed by atoms with Crippen LogP contribution in [-0.2, 0) is 0 Å². The van der Waals surface area contributed by atoms with E-state index in [1.807, 2.05) is 0 Å². The molecule has 1 N–H and O–H groups in total. The van der Waals surface area contributed by atoms with Crippen molar-refractivity contribution in [1.82, 2.24) is 5.32 Å². The number of halogens is 2. The van der Waals surface area contributed by atoms with Crippen molar-refractivity contribution in [2.75, 3.05) is 7.05 Å². The SMILES string of the molecule is CN[C@H]1CC1(F)F. The van der Waals surface area contributed by atoms with Crippen LogP contribution in [0.3, 0.4) is 0 Å². The Kier molecular flexibility index (Phi) is 0.819. The van der Waals surface area contributed by atoms with Gasteiger partial charge in [0.05, 0.1) is 6.04 Å². The minimum absolute atomic E-state index is 0.0174. The third kappa shape index (κ3) is 0.725. The maximum absolute atomic E-state index is 11.7. The molecule has 1 aliphatic carbocycles. The number of alkyl halides is 2. The van der Waals surface area contributed by atoms with Crippen molar-refractivity contribution in [2.24, 2.45) is 0 Å². The molecule has 1 atom stereocenters. The van der Waals surface area contributed by atoms with Crippen LogP contribution in [0.1, 0.15) is 6.42 Å². The van der Waals surface area contributed by atoms with Gasteiger partial charge in [-0.25, -0.2) is 8.78 Å². The lowest BCUT2D eigenvalue weighted by atomic mass is 10.7. The summed E-state index contributed by atoms with van der Waals surface area (Å²) in [4.78, 5) is 0. The van der Waals surface area contributed by atoms with E-state index in [9.17, 15) is 8.78 Å². The zero-order valence-electron chi connectivity index (χ0n) is 4.04. The number of nitrogens with one attached hydrogen (secondary N) is 1. The summed E-state index contributed by atoms with van der Waals surface area (Å²) in [5.74, 6) is -2.39. The fraction of sp³-hybridized carbons (Fsp3) is 1.00. The first kappa shape index (κ1) is 4.97. The van der Waals surface area contributed by atoms with Crippen molar-refractivity contribution in [3.63, 3.8) is 0 Å². The van der Waals surface area contributed by atoms with Gasteiger partial charge in [-0.15, -0.1) is 0 Å². The first-order valence-corrected chi connectivity index (χ1v) is 2.22. The Hall–Kier alpha value is -0.180. The Labute approximate surface area is 40.7 Å². The van der Waals surface area contributed by atoms with E-state index in [-0.39, 0.29) is 6.42 Å². The highest BCUT2D eigenvalue weighted by molar-refractivity contribution is 5.00. The minimum atomic E-state index is -2.39. The summed E-state index contributed by atoms with van der Waals surface area (Å²) in [6.07, 6.45) is 0.0174. The molecule has 0 unspecified atom stereocenters. The van der Waals surface area contributed by atoms with Crippen molar-refractivity contribution in [3.8, 4) is 0 Å². The van der Waals surface area contributed by atoms with Crippen LogP contribution >= 0.6 is 0 Å². The molecule has 7 heavy (non-hydrogen) atoms. The Balaban J connectivity index is 2.30. The van der Waals surface area contributed by atoms with Gasteiger partial charge in [-0.3, -0.25) is 0 Å². The summed E-state index contributed by atoms with van der Waals surface area (Å²) in [7, 11) is 1.55. The zero-order chi connectivity index (χ0) is 5.49. The van der Waals surface area contributed by atoms with Crippen LogP contribution < -0.4 is 5.32 Å². The Bertz CT molecular complexity index is 81.8. The molecule has 0 bridgehead atoms. The van der Waals surface area contributed by atoms with Crippen molar-refractivity contribution < 1.29 is 8.78 Å². The average Bonchev–Trinajstić information content (AvgIpc) is 2.13. The summed E-state index contributed by atoms with van der Waals surface area (Å²) in [6.45, 7) is 0.